The van der Waals surface area contributed by atoms with E-state index in [-0.39, 0.29) is 18.2 Å². The van der Waals surface area contributed by atoms with E-state index in [1.807, 2.05) is 50.2 Å². The second kappa shape index (κ2) is 9.82. The minimum Gasteiger partial charge on any atom is -0.467 e. The Kier molecular flexibility index (Phi) is 7.49. The van der Waals surface area contributed by atoms with Crippen LogP contribution >= 0.6 is 0 Å². The van der Waals surface area contributed by atoms with E-state index in [0.717, 1.165) is 10.9 Å². The maximum atomic E-state index is 12.7. The lowest BCUT2D eigenvalue weighted by atomic mass is 10.0. The number of methoxy groups -OCH3 is 1. The summed E-state index contributed by atoms with van der Waals surface area (Å²) in [6.07, 6.45) is 0.658. The van der Waals surface area contributed by atoms with Crippen LogP contribution in [0.2, 0.25) is 0 Å². The van der Waals surface area contributed by atoms with Gasteiger partial charge in [-0.05, 0) is 24.5 Å². The predicted octanol–water partition coefficient (Wildman–Crippen LogP) is 1.99. The fourth-order valence-electron chi connectivity index (χ4n) is 2.99. The van der Waals surface area contributed by atoms with E-state index in [1.165, 1.54) is 14.0 Å². The van der Waals surface area contributed by atoms with E-state index < -0.39 is 24.0 Å². The van der Waals surface area contributed by atoms with Crippen molar-refractivity contribution in [1.29, 1.82) is 0 Å². The molecule has 7 nitrogen and oxygen atoms in total. The highest BCUT2D eigenvalue weighted by atomic mass is 16.5. The average molecular weight is 385 g/mol. The number of carbonyl (C=O) groups excluding carboxylic acids is 3. The lowest BCUT2D eigenvalue weighted by Crippen LogP contribution is -2.52. The third-order valence-corrected chi connectivity index (χ3v) is 4.27. The van der Waals surface area contributed by atoms with Crippen molar-refractivity contribution in [3.05, 3.63) is 42.1 Å². The fraction of sp³-hybridized carbons (Fsp3) is 0.429. The average Bonchev–Trinajstić information content (AvgIpc) is 2.65. The monoisotopic (exact) mass is 385 g/mol. The van der Waals surface area contributed by atoms with Gasteiger partial charge in [0, 0.05) is 24.4 Å². The van der Waals surface area contributed by atoms with Crippen molar-refractivity contribution in [2.24, 2.45) is 5.92 Å². The van der Waals surface area contributed by atoms with Crippen LogP contribution in [0.5, 0.6) is 0 Å². The Hall–Kier alpha value is -2.96. The molecule has 0 saturated heterocycles. The van der Waals surface area contributed by atoms with Gasteiger partial charge in [0.05, 0.1) is 12.6 Å². The van der Waals surface area contributed by atoms with E-state index in [2.05, 4.69) is 15.6 Å². The van der Waals surface area contributed by atoms with Crippen molar-refractivity contribution < 1.29 is 19.1 Å². The standard InChI is InChI=1S/C21H27N3O4/c1-13(2)11-18(22-14(3)25)20(26)24-19(21(27)28-4)12-16-10-9-15-7-5-6-8-17(15)23-16/h5-10,13,18-19H,11-12H2,1-4H3,(H,22,25)(H,24,26)/t18-,19-/m0/s1. The SMILES string of the molecule is COC(=O)[C@H](Cc1ccc2ccccc2n1)NC(=O)[C@H](CC(C)C)NC(C)=O. The molecule has 0 aliphatic heterocycles. The van der Waals surface area contributed by atoms with E-state index >= 15 is 0 Å². The van der Waals surface area contributed by atoms with E-state index in [1.54, 1.807) is 0 Å². The van der Waals surface area contributed by atoms with Gasteiger partial charge >= 0.3 is 5.97 Å². The normalized spacial score (nSPS) is 13.0. The number of nitrogens with one attached hydrogen (secondary N) is 2. The lowest BCUT2D eigenvalue weighted by molar-refractivity contribution is -0.145. The fourth-order valence-corrected chi connectivity index (χ4v) is 2.99. The summed E-state index contributed by atoms with van der Waals surface area (Å²) in [6.45, 7) is 5.27. The highest BCUT2D eigenvalue weighted by molar-refractivity contribution is 5.90. The first-order valence-electron chi connectivity index (χ1n) is 9.30. The molecule has 2 amide bonds. The molecule has 0 fully saturated rings. The molecule has 1 aromatic heterocycles. The summed E-state index contributed by atoms with van der Waals surface area (Å²) in [7, 11) is 1.27. The number of carbonyl (C=O) groups is 3. The summed E-state index contributed by atoms with van der Waals surface area (Å²) in [5, 5.41) is 6.34. The van der Waals surface area contributed by atoms with Gasteiger partial charge in [0.1, 0.15) is 12.1 Å². The molecular formula is C21H27N3O4. The molecule has 0 saturated carbocycles. The lowest BCUT2D eigenvalue weighted by Gasteiger charge is -2.23. The van der Waals surface area contributed by atoms with Gasteiger partial charge in [-0.2, -0.15) is 0 Å². The molecule has 1 aromatic carbocycles. The smallest absolute Gasteiger partial charge is 0.328 e. The van der Waals surface area contributed by atoms with Crippen molar-refractivity contribution in [2.75, 3.05) is 7.11 Å². The predicted molar refractivity (Wildman–Crippen MR) is 106 cm³/mol. The Balaban J connectivity index is 2.18. The first kappa shape index (κ1) is 21.3. The number of benzene rings is 1. The Morgan fingerprint density at radius 2 is 1.75 bits per heavy atom. The number of fused-ring (bicyclic) bond motifs is 1. The molecule has 0 spiro atoms. The van der Waals surface area contributed by atoms with Crippen LogP contribution in [0.4, 0.5) is 0 Å². The van der Waals surface area contributed by atoms with Gasteiger partial charge in [-0.1, -0.05) is 38.1 Å². The molecule has 2 rings (SSSR count). The second-order valence-corrected chi connectivity index (χ2v) is 7.17. The molecule has 2 N–H and O–H groups in total. The number of amides is 2. The van der Waals surface area contributed by atoms with Gasteiger partial charge in [0.2, 0.25) is 11.8 Å². The number of nitrogens with zero attached hydrogens (tertiary/aromatic N) is 1. The van der Waals surface area contributed by atoms with Crippen molar-refractivity contribution in [1.82, 2.24) is 15.6 Å². The molecule has 0 bridgehead atoms. The number of rotatable bonds is 8. The molecule has 0 aliphatic rings. The second-order valence-electron chi connectivity index (χ2n) is 7.17. The Morgan fingerprint density at radius 1 is 1.04 bits per heavy atom. The minimum absolute atomic E-state index is 0.192. The molecule has 0 radical (unpaired) electrons. The number of esters is 1. The van der Waals surface area contributed by atoms with Gasteiger partial charge in [-0.3, -0.25) is 14.6 Å². The molecule has 7 heteroatoms. The highest BCUT2D eigenvalue weighted by Gasteiger charge is 2.27. The Labute approximate surface area is 164 Å². The number of hydrogen-bond acceptors (Lipinski definition) is 5. The topological polar surface area (TPSA) is 97.4 Å². The summed E-state index contributed by atoms with van der Waals surface area (Å²) >= 11 is 0. The van der Waals surface area contributed by atoms with Crippen molar-refractivity contribution in [3.63, 3.8) is 0 Å². The van der Waals surface area contributed by atoms with Gasteiger partial charge in [0.25, 0.3) is 0 Å². The number of para-hydroxylation sites is 1. The summed E-state index contributed by atoms with van der Waals surface area (Å²) in [6, 6.07) is 9.80. The number of hydrogen-bond donors (Lipinski definition) is 2. The van der Waals surface area contributed by atoms with Gasteiger partial charge in [-0.25, -0.2) is 4.79 Å². The molecular weight excluding hydrogens is 358 g/mol. The molecule has 150 valence electrons. The summed E-state index contributed by atoms with van der Waals surface area (Å²) in [4.78, 5) is 40.9. The summed E-state index contributed by atoms with van der Waals surface area (Å²) < 4.78 is 4.85. The third-order valence-electron chi connectivity index (χ3n) is 4.27. The van der Waals surface area contributed by atoms with Crippen molar-refractivity contribution >= 4 is 28.7 Å². The zero-order valence-corrected chi connectivity index (χ0v) is 16.7. The number of pyridine rings is 1. The Bertz CT molecular complexity index is 850. The van der Waals surface area contributed by atoms with E-state index in [4.69, 9.17) is 4.74 Å². The minimum atomic E-state index is -0.894. The van der Waals surface area contributed by atoms with Crippen LogP contribution in [0.25, 0.3) is 10.9 Å². The zero-order valence-electron chi connectivity index (χ0n) is 16.7. The van der Waals surface area contributed by atoms with Crippen molar-refractivity contribution in [2.45, 2.75) is 45.7 Å². The molecule has 2 aromatic rings. The van der Waals surface area contributed by atoms with Gasteiger partial charge < -0.3 is 15.4 Å². The molecule has 0 unspecified atom stereocenters. The van der Waals surface area contributed by atoms with Crippen LogP contribution in [0.1, 0.15) is 32.9 Å². The van der Waals surface area contributed by atoms with E-state index in [0.29, 0.717) is 12.1 Å². The first-order chi connectivity index (χ1) is 13.3. The molecule has 1 heterocycles. The van der Waals surface area contributed by atoms with Crippen molar-refractivity contribution in [3.8, 4) is 0 Å². The van der Waals surface area contributed by atoms with Crippen LogP contribution in [-0.2, 0) is 25.5 Å². The summed E-state index contributed by atoms with van der Waals surface area (Å²) in [5.74, 6) is -1.08. The quantitative estimate of drug-likeness (QED) is 0.677. The molecule has 2 atom stereocenters. The number of ether oxygens (including phenoxy) is 1. The first-order valence-corrected chi connectivity index (χ1v) is 9.30. The van der Waals surface area contributed by atoms with Crippen LogP contribution in [0.15, 0.2) is 36.4 Å². The van der Waals surface area contributed by atoms with E-state index in [9.17, 15) is 14.4 Å². The number of aromatic nitrogens is 1. The third kappa shape index (κ3) is 6.04. The van der Waals surface area contributed by atoms with Gasteiger partial charge in [0.15, 0.2) is 0 Å². The maximum absolute atomic E-state index is 12.7. The van der Waals surface area contributed by atoms with Crippen LogP contribution < -0.4 is 10.6 Å². The van der Waals surface area contributed by atoms with Crippen LogP contribution in [-0.4, -0.2) is 42.0 Å². The molecule has 28 heavy (non-hydrogen) atoms. The van der Waals surface area contributed by atoms with Gasteiger partial charge in [-0.15, -0.1) is 0 Å². The van der Waals surface area contributed by atoms with Crippen LogP contribution in [0, 0.1) is 5.92 Å². The highest BCUT2D eigenvalue weighted by Crippen LogP contribution is 2.13. The summed E-state index contributed by atoms with van der Waals surface area (Å²) in [5.41, 5.74) is 1.47. The largest absolute Gasteiger partial charge is 0.467 e. The zero-order chi connectivity index (χ0) is 20.7. The van der Waals surface area contributed by atoms with Crippen LogP contribution in [0.3, 0.4) is 0 Å². The maximum Gasteiger partial charge on any atom is 0.328 e. The molecule has 0 aliphatic carbocycles. The Morgan fingerprint density at radius 3 is 2.39 bits per heavy atom.